The van der Waals surface area contributed by atoms with Crippen LogP contribution in [0.4, 0.5) is 0 Å². The molecule has 0 aliphatic rings. The average molecular weight is 486 g/mol. The Morgan fingerprint density at radius 1 is 0.811 bits per heavy atom. The van der Waals surface area contributed by atoms with Gasteiger partial charge in [0.1, 0.15) is 12.2 Å². The Kier molecular flexibility index (Phi) is 7.23. The van der Waals surface area contributed by atoms with E-state index in [4.69, 9.17) is 4.74 Å². The second-order valence-corrected chi connectivity index (χ2v) is 8.88. The first-order valence-electron chi connectivity index (χ1n) is 12.2. The molecule has 5 aromatic rings. The topological polar surface area (TPSA) is 81.9 Å². The molecule has 1 heterocycles. The summed E-state index contributed by atoms with van der Waals surface area (Å²) in [5, 5.41) is 20.4. The van der Waals surface area contributed by atoms with Crippen molar-refractivity contribution >= 4 is 0 Å². The van der Waals surface area contributed by atoms with Gasteiger partial charge in [-0.3, -0.25) is 0 Å². The summed E-state index contributed by atoms with van der Waals surface area (Å²) in [6.07, 6.45) is 1.94. The molecule has 0 saturated carbocycles. The monoisotopic (exact) mass is 485 g/mol. The number of hydrogen-bond donors (Lipinski definition) is 2. The summed E-state index contributed by atoms with van der Waals surface area (Å²) >= 11 is 0. The first-order chi connectivity index (χ1) is 18.2. The summed E-state index contributed by atoms with van der Waals surface area (Å²) in [5.74, 6) is 0. The van der Waals surface area contributed by atoms with Crippen LogP contribution in [0.25, 0.3) is 0 Å². The molecule has 0 aliphatic heterocycles. The van der Waals surface area contributed by atoms with E-state index >= 15 is 0 Å². The predicted molar refractivity (Wildman–Crippen MR) is 143 cm³/mol. The molecule has 2 atom stereocenters. The first-order valence-corrected chi connectivity index (χ1v) is 12.2. The van der Waals surface area contributed by atoms with Crippen LogP contribution in [-0.4, -0.2) is 21.7 Å². The van der Waals surface area contributed by atoms with Crippen LogP contribution < -0.4 is 0 Å². The molecule has 5 heteroatoms. The lowest BCUT2D eigenvalue weighted by molar-refractivity contribution is -0.0344. The Balaban J connectivity index is 1.68. The number of aliphatic hydroxyl groups is 1. The second kappa shape index (κ2) is 11.0. The van der Waals surface area contributed by atoms with Gasteiger partial charge in [-0.2, -0.15) is 5.26 Å². The second-order valence-electron chi connectivity index (χ2n) is 8.88. The molecule has 5 rings (SSSR count). The Bertz CT molecular complexity index is 1350. The molecule has 182 valence electrons. The quantitative estimate of drug-likeness (QED) is 0.247. The lowest BCUT2D eigenvalue weighted by atomic mass is 9.65. The summed E-state index contributed by atoms with van der Waals surface area (Å²) in [7, 11) is 0. The van der Waals surface area contributed by atoms with Gasteiger partial charge in [0, 0.05) is 0 Å². The van der Waals surface area contributed by atoms with E-state index in [0.717, 1.165) is 22.4 Å². The normalized spacial score (nSPS) is 13.0. The lowest BCUT2D eigenvalue weighted by Crippen LogP contribution is -2.39. The highest BCUT2D eigenvalue weighted by molar-refractivity contribution is 5.53. The highest BCUT2D eigenvalue weighted by Gasteiger charge is 2.46. The lowest BCUT2D eigenvalue weighted by Gasteiger charge is -2.42. The molecule has 5 nitrogen and oxygen atoms in total. The Hall–Kier alpha value is -4.50. The number of ether oxygens (including phenoxy) is 1. The number of hydrogen-bond acceptors (Lipinski definition) is 4. The molecule has 0 radical (unpaired) electrons. The molecule has 4 aromatic carbocycles. The minimum absolute atomic E-state index is 0.0207. The van der Waals surface area contributed by atoms with Crippen molar-refractivity contribution in [2.45, 2.75) is 17.6 Å². The molecular formula is C32H27N3O2. The van der Waals surface area contributed by atoms with Crippen LogP contribution in [0.1, 0.15) is 45.7 Å². The minimum Gasteiger partial charge on any atom is -0.386 e. The Morgan fingerprint density at radius 3 is 1.86 bits per heavy atom. The summed E-state index contributed by atoms with van der Waals surface area (Å²) in [6.45, 7) is 0.0207. The number of H-pyrrole nitrogens is 1. The fraction of sp³-hybridized carbons (Fsp3) is 0.125. The van der Waals surface area contributed by atoms with Crippen LogP contribution in [0.3, 0.4) is 0 Å². The van der Waals surface area contributed by atoms with Crippen LogP contribution in [0.15, 0.2) is 128 Å². The maximum Gasteiger partial charge on any atom is 0.117 e. The summed E-state index contributed by atoms with van der Waals surface area (Å²) < 4.78 is 6.70. The van der Waals surface area contributed by atoms with Gasteiger partial charge in [-0.15, -0.1) is 0 Å². The van der Waals surface area contributed by atoms with Crippen molar-refractivity contribution in [1.82, 2.24) is 9.97 Å². The molecule has 2 N–H and O–H groups in total. The van der Waals surface area contributed by atoms with Gasteiger partial charge >= 0.3 is 0 Å². The molecule has 0 fully saturated rings. The number of aromatic amines is 1. The number of rotatable bonds is 9. The van der Waals surface area contributed by atoms with E-state index in [9.17, 15) is 10.4 Å². The van der Waals surface area contributed by atoms with Gasteiger partial charge in [-0.05, 0) is 34.4 Å². The number of aliphatic hydroxyl groups excluding tert-OH is 1. The van der Waals surface area contributed by atoms with E-state index in [0.29, 0.717) is 11.1 Å². The van der Waals surface area contributed by atoms with Crippen LogP contribution in [0.5, 0.6) is 0 Å². The third-order valence-electron chi connectivity index (χ3n) is 6.70. The predicted octanol–water partition coefficient (Wildman–Crippen LogP) is 6.11. The van der Waals surface area contributed by atoms with Crippen molar-refractivity contribution in [3.8, 4) is 6.07 Å². The molecule has 0 saturated heterocycles. The Labute approximate surface area is 216 Å². The van der Waals surface area contributed by atoms with Crippen LogP contribution in [0.2, 0.25) is 0 Å². The third kappa shape index (κ3) is 4.81. The smallest absolute Gasteiger partial charge is 0.117 e. The molecule has 1 aromatic heterocycles. The number of benzene rings is 4. The van der Waals surface area contributed by atoms with E-state index in [2.05, 4.69) is 52.4 Å². The van der Waals surface area contributed by atoms with Crippen molar-refractivity contribution in [3.63, 3.8) is 0 Å². The van der Waals surface area contributed by atoms with Gasteiger partial charge in [0.05, 0.1) is 41.9 Å². The summed E-state index contributed by atoms with van der Waals surface area (Å²) in [4.78, 5) is 7.58. The number of nitrogens with one attached hydrogen (secondary N) is 1. The summed E-state index contributed by atoms with van der Waals surface area (Å²) in [6, 6.07) is 40.0. The molecule has 2 unspecified atom stereocenters. The van der Waals surface area contributed by atoms with Crippen molar-refractivity contribution in [3.05, 3.63) is 161 Å². The largest absolute Gasteiger partial charge is 0.386 e. The molecule has 0 aliphatic carbocycles. The molecule has 0 spiro atoms. The molecule has 0 amide bonds. The van der Waals surface area contributed by atoms with Gasteiger partial charge in [-0.1, -0.05) is 103 Å². The van der Waals surface area contributed by atoms with Crippen molar-refractivity contribution in [2.24, 2.45) is 0 Å². The van der Waals surface area contributed by atoms with Gasteiger partial charge in [0.15, 0.2) is 0 Å². The summed E-state index contributed by atoms with van der Waals surface area (Å²) in [5.41, 5.74) is 4.30. The zero-order valence-corrected chi connectivity index (χ0v) is 20.2. The van der Waals surface area contributed by atoms with Gasteiger partial charge in [0.2, 0.25) is 0 Å². The van der Waals surface area contributed by atoms with E-state index in [-0.39, 0.29) is 6.61 Å². The van der Waals surface area contributed by atoms with Crippen molar-refractivity contribution in [2.75, 3.05) is 6.61 Å². The highest BCUT2D eigenvalue weighted by Crippen LogP contribution is 2.50. The van der Waals surface area contributed by atoms with Crippen LogP contribution >= 0.6 is 0 Å². The minimum atomic E-state index is -0.918. The standard InChI is InChI=1S/C32H27N3O2/c33-20-24-11-10-12-25(19-24)30(36)22-37-31(29-21-34-23-35-29)32(26-13-4-1-5-14-26,27-15-6-2-7-16-27)28-17-8-3-9-18-28/h1-19,21,23,30-31,36H,22H2,(H,34,35). The number of imidazole rings is 1. The zero-order valence-electron chi connectivity index (χ0n) is 20.2. The van der Waals surface area contributed by atoms with E-state index < -0.39 is 17.6 Å². The van der Waals surface area contributed by atoms with Crippen LogP contribution in [-0.2, 0) is 10.2 Å². The Morgan fingerprint density at radius 2 is 1.38 bits per heavy atom. The number of nitriles is 1. The van der Waals surface area contributed by atoms with Crippen LogP contribution in [0, 0.1) is 11.3 Å². The van der Waals surface area contributed by atoms with Gasteiger partial charge < -0.3 is 14.8 Å². The fourth-order valence-corrected chi connectivity index (χ4v) is 5.01. The molecule has 37 heavy (non-hydrogen) atoms. The van der Waals surface area contributed by atoms with E-state index in [1.165, 1.54) is 0 Å². The molecule has 0 bridgehead atoms. The van der Waals surface area contributed by atoms with Gasteiger partial charge in [0.25, 0.3) is 0 Å². The maximum atomic E-state index is 11.1. The van der Waals surface area contributed by atoms with Crippen molar-refractivity contribution < 1.29 is 9.84 Å². The third-order valence-corrected chi connectivity index (χ3v) is 6.70. The SMILES string of the molecule is N#Cc1cccc(C(O)COC(c2cnc[nH]2)C(c2ccccc2)(c2ccccc2)c2ccccc2)c1. The first kappa shape index (κ1) is 24.2. The average Bonchev–Trinajstić information content (AvgIpc) is 3.51. The number of nitrogens with zero attached hydrogens (tertiary/aromatic N) is 2. The zero-order chi connectivity index (χ0) is 25.5. The maximum absolute atomic E-state index is 11.1. The molecular weight excluding hydrogens is 458 g/mol. The number of aromatic nitrogens is 2. The van der Waals surface area contributed by atoms with Gasteiger partial charge in [-0.25, -0.2) is 4.98 Å². The fourth-order valence-electron chi connectivity index (χ4n) is 5.01. The van der Waals surface area contributed by atoms with E-state index in [1.54, 1.807) is 36.8 Å². The van der Waals surface area contributed by atoms with Crippen molar-refractivity contribution in [1.29, 1.82) is 5.26 Å². The van der Waals surface area contributed by atoms with E-state index in [1.807, 2.05) is 54.6 Å². The highest BCUT2D eigenvalue weighted by atomic mass is 16.5.